The summed E-state index contributed by atoms with van der Waals surface area (Å²) in [5.74, 6) is 0.953. The van der Waals surface area contributed by atoms with Crippen LogP contribution in [0.1, 0.15) is 25.8 Å². The Morgan fingerprint density at radius 1 is 1.42 bits per heavy atom. The number of nitrogens with zero attached hydrogens (tertiary/aromatic N) is 1. The Morgan fingerprint density at radius 2 is 2.11 bits per heavy atom. The molecular formula is C14H18ClNO3. The molecule has 0 heterocycles. The first-order valence-corrected chi connectivity index (χ1v) is 6.32. The van der Waals surface area contributed by atoms with E-state index in [-0.39, 0.29) is 6.61 Å². The third-order valence-electron chi connectivity index (χ3n) is 2.76. The number of aliphatic hydroxyl groups is 1. The zero-order valence-corrected chi connectivity index (χ0v) is 12.1. The first kappa shape index (κ1) is 15.6. The number of hydrogen-bond acceptors (Lipinski definition) is 4. The Labute approximate surface area is 118 Å². The quantitative estimate of drug-likeness (QED) is 0.871. The van der Waals surface area contributed by atoms with E-state index in [9.17, 15) is 5.11 Å². The summed E-state index contributed by atoms with van der Waals surface area (Å²) in [6.45, 7) is 3.88. The van der Waals surface area contributed by atoms with Crippen molar-refractivity contribution in [2.24, 2.45) is 5.41 Å². The maximum atomic E-state index is 9.32. The largest absolute Gasteiger partial charge is 0.493 e. The van der Waals surface area contributed by atoms with Crippen LogP contribution in [0, 0.1) is 16.7 Å². The second-order valence-corrected chi connectivity index (χ2v) is 5.28. The zero-order valence-electron chi connectivity index (χ0n) is 11.4. The molecule has 5 heteroatoms. The molecule has 19 heavy (non-hydrogen) atoms. The standard InChI is InChI=1S/C14H18ClNO3/c1-14(2,9-16)4-5-19-13-10(8-17)6-11(15)7-12(13)18-3/h6-7,17H,4-5,8H2,1-3H3. The van der Waals surface area contributed by atoms with E-state index in [1.54, 1.807) is 12.1 Å². The van der Waals surface area contributed by atoms with Crippen LogP contribution < -0.4 is 9.47 Å². The molecule has 1 aromatic carbocycles. The molecule has 0 fully saturated rings. The van der Waals surface area contributed by atoms with E-state index >= 15 is 0 Å². The Kier molecular flexibility index (Phi) is 5.46. The molecule has 1 rings (SSSR count). The molecule has 0 aromatic heterocycles. The van der Waals surface area contributed by atoms with Crippen molar-refractivity contribution < 1.29 is 14.6 Å². The first-order valence-electron chi connectivity index (χ1n) is 5.95. The van der Waals surface area contributed by atoms with Gasteiger partial charge in [-0.25, -0.2) is 0 Å². The van der Waals surface area contributed by atoms with E-state index in [0.29, 0.717) is 35.1 Å². The normalized spacial score (nSPS) is 10.9. The van der Waals surface area contributed by atoms with Crippen LogP contribution in [0.3, 0.4) is 0 Å². The van der Waals surface area contributed by atoms with Gasteiger partial charge in [0.05, 0.1) is 31.8 Å². The molecular weight excluding hydrogens is 266 g/mol. The van der Waals surface area contributed by atoms with Gasteiger partial charge in [0, 0.05) is 16.7 Å². The van der Waals surface area contributed by atoms with E-state index in [2.05, 4.69) is 6.07 Å². The van der Waals surface area contributed by atoms with Crippen LogP contribution in [-0.4, -0.2) is 18.8 Å². The number of nitriles is 1. The van der Waals surface area contributed by atoms with Crippen molar-refractivity contribution in [2.75, 3.05) is 13.7 Å². The van der Waals surface area contributed by atoms with Crippen LogP contribution in [0.15, 0.2) is 12.1 Å². The predicted molar refractivity (Wildman–Crippen MR) is 73.4 cm³/mol. The van der Waals surface area contributed by atoms with Crippen LogP contribution in [0.4, 0.5) is 0 Å². The van der Waals surface area contributed by atoms with Gasteiger partial charge in [0.1, 0.15) is 0 Å². The third-order valence-corrected chi connectivity index (χ3v) is 2.98. The summed E-state index contributed by atoms with van der Waals surface area (Å²) in [7, 11) is 1.51. The molecule has 0 spiro atoms. The number of methoxy groups -OCH3 is 1. The Hall–Kier alpha value is -1.44. The SMILES string of the molecule is COc1cc(Cl)cc(CO)c1OCCC(C)(C)C#N. The van der Waals surface area contributed by atoms with Crippen molar-refractivity contribution in [3.8, 4) is 17.6 Å². The average molecular weight is 284 g/mol. The predicted octanol–water partition coefficient (Wildman–Crippen LogP) is 3.16. The monoisotopic (exact) mass is 283 g/mol. The maximum Gasteiger partial charge on any atom is 0.166 e. The minimum atomic E-state index is -0.445. The lowest BCUT2D eigenvalue weighted by Crippen LogP contribution is -2.14. The molecule has 1 aromatic rings. The van der Waals surface area contributed by atoms with Crippen LogP contribution >= 0.6 is 11.6 Å². The fourth-order valence-corrected chi connectivity index (χ4v) is 1.75. The van der Waals surface area contributed by atoms with Crippen molar-refractivity contribution in [3.63, 3.8) is 0 Å². The van der Waals surface area contributed by atoms with Crippen LogP contribution in [-0.2, 0) is 6.61 Å². The van der Waals surface area contributed by atoms with E-state index in [4.69, 9.17) is 26.3 Å². The van der Waals surface area contributed by atoms with Crippen LogP contribution in [0.25, 0.3) is 0 Å². The van der Waals surface area contributed by atoms with E-state index in [0.717, 1.165) is 0 Å². The molecule has 0 atom stereocenters. The van der Waals surface area contributed by atoms with Gasteiger partial charge in [-0.2, -0.15) is 5.26 Å². The lowest BCUT2D eigenvalue weighted by Gasteiger charge is -2.18. The number of hydrogen-bond donors (Lipinski definition) is 1. The van der Waals surface area contributed by atoms with E-state index in [1.807, 2.05) is 13.8 Å². The van der Waals surface area contributed by atoms with Crippen molar-refractivity contribution >= 4 is 11.6 Å². The second kappa shape index (κ2) is 6.65. The van der Waals surface area contributed by atoms with Crippen molar-refractivity contribution in [2.45, 2.75) is 26.9 Å². The van der Waals surface area contributed by atoms with Gasteiger partial charge in [-0.15, -0.1) is 0 Å². The molecule has 0 aliphatic carbocycles. The van der Waals surface area contributed by atoms with Gasteiger partial charge >= 0.3 is 0 Å². The summed E-state index contributed by atoms with van der Waals surface area (Å²) >= 11 is 5.92. The lowest BCUT2D eigenvalue weighted by molar-refractivity contribution is 0.234. The molecule has 0 saturated carbocycles. The number of ether oxygens (including phenoxy) is 2. The number of halogens is 1. The molecule has 0 bridgehead atoms. The fourth-order valence-electron chi connectivity index (χ4n) is 1.52. The molecule has 0 radical (unpaired) electrons. The fraction of sp³-hybridized carbons (Fsp3) is 0.500. The topological polar surface area (TPSA) is 62.5 Å². The molecule has 0 aliphatic heterocycles. The van der Waals surface area contributed by atoms with Gasteiger partial charge in [0.2, 0.25) is 0 Å². The first-order chi connectivity index (χ1) is 8.93. The Bertz CT molecular complexity index is 455. The lowest BCUT2D eigenvalue weighted by atomic mass is 9.92. The van der Waals surface area contributed by atoms with Crippen molar-refractivity contribution in [1.82, 2.24) is 0 Å². The molecule has 0 amide bonds. The summed E-state index contributed by atoms with van der Waals surface area (Å²) in [6.07, 6.45) is 0.583. The maximum absolute atomic E-state index is 9.32. The molecule has 0 saturated heterocycles. The van der Waals surface area contributed by atoms with Gasteiger partial charge in [0.15, 0.2) is 11.5 Å². The number of rotatable bonds is 6. The van der Waals surface area contributed by atoms with Gasteiger partial charge in [-0.1, -0.05) is 11.6 Å². The summed E-state index contributed by atoms with van der Waals surface area (Å²) in [5.41, 5.74) is 0.123. The van der Waals surface area contributed by atoms with Crippen molar-refractivity contribution in [1.29, 1.82) is 5.26 Å². The summed E-state index contributed by atoms with van der Waals surface area (Å²) in [4.78, 5) is 0. The molecule has 1 N–H and O–H groups in total. The summed E-state index contributed by atoms with van der Waals surface area (Å²) in [6, 6.07) is 5.48. The number of aliphatic hydroxyl groups excluding tert-OH is 1. The molecule has 0 unspecified atom stereocenters. The van der Waals surface area contributed by atoms with E-state index in [1.165, 1.54) is 7.11 Å². The molecule has 104 valence electrons. The van der Waals surface area contributed by atoms with Gasteiger partial charge in [-0.3, -0.25) is 0 Å². The minimum Gasteiger partial charge on any atom is -0.493 e. The Morgan fingerprint density at radius 3 is 2.63 bits per heavy atom. The van der Waals surface area contributed by atoms with Gasteiger partial charge < -0.3 is 14.6 Å². The highest BCUT2D eigenvalue weighted by molar-refractivity contribution is 6.30. The smallest absolute Gasteiger partial charge is 0.166 e. The number of benzene rings is 1. The molecule has 4 nitrogen and oxygen atoms in total. The third kappa shape index (κ3) is 4.30. The highest BCUT2D eigenvalue weighted by Crippen LogP contribution is 2.35. The highest BCUT2D eigenvalue weighted by atomic mass is 35.5. The van der Waals surface area contributed by atoms with Crippen LogP contribution in [0.2, 0.25) is 5.02 Å². The minimum absolute atomic E-state index is 0.187. The zero-order chi connectivity index (χ0) is 14.5. The van der Waals surface area contributed by atoms with Crippen molar-refractivity contribution in [3.05, 3.63) is 22.7 Å². The molecule has 0 aliphatic rings. The van der Waals surface area contributed by atoms with Gasteiger partial charge in [-0.05, 0) is 26.3 Å². The van der Waals surface area contributed by atoms with Gasteiger partial charge in [0.25, 0.3) is 0 Å². The highest BCUT2D eigenvalue weighted by Gasteiger charge is 2.18. The average Bonchev–Trinajstić information content (AvgIpc) is 2.39. The summed E-state index contributed by atoms with van der Waals surface area (Å²) < 4.78 is 10.8. The summed E-state index contributed by atoms with van der Waals surface area (Å²) in [5, 5.41) is 18.7. The van der Waals surface area contributed by atoms with Crippen LogP contribution in [0.5, 0.6) is 11.5 Å². The Balaban J connectivity index is 2.85. The van der Waals surface area contributed by atoms with E-state index < -0.39 is 5.41 Å². The second-order valence-electron chi connectivity index (χ2n) is 4.85.